The Kier molecular flexibility index (Phi) is 4.48. The van der Waals surface area contributed by atoms with Crippen LogP contribution in [0.1, 0.15) is 12.3 Å². The molecule has 0 aliphatic carbocycles. The first-order valence-corrected chi connectivity index (χ1v) is 8.66. The van der Waals surface area contributed by atoms with Crippen molar-refractivity contribution in [1.82, 2.24) is 30.3 Å². The van der Waals surface area contributed by atoms with E-state index in [-0.39, 0.29) is 18.3 Å². The van der Waals surface area contributed by atoms with E-state index < -0.39 is 0 Å². The molecule has 0 saturated heterocycles. The van der Waals surface area contributed by atoms with Gasteiger partial charge < -0.3 is 4.52 Å². The van der Waals surface area contributed by atoms with Gasteiger partial charge in [-0.05, 0) is 23.6 Å². The highest BCUT2D eigenvalue weighted by atomic mass is 32.1. The zero-order valence-corrected chi connectivity index (χ0v) is 14.2. The molecule has 0 aliphatic heterocycles. The molecule has 130 valence electrons. The molecule has 10 heteroatoms. The number of thiophene rings is 1. The summed E-state index contributed by atoms with van der Waals surface area (Å²) in [6, 6.07) is 9.28. The number of aromatic amines is 1. The van der Waals surface area contributed by atoms with Crippen LogP contribution in [0.4, 0.5) is 5.95 Å². The van der Waals surface area contributed by atoms with Crippen molar-refractivity contribution in [3.8, 4) is 22.2 Å². The minimum absolute atomic E-state index is 0.180. The molecule has 0 radical (unpaired) electrons. The Morgan fingerprint density at radius 1 is 1.23 bits per heavy atom. The third-order valence-electron chi connectivity index (χ3n) is 3.42. The van der Waals surface area contributed by atoms with E-state index in [4.69, 9.17) is 4.52 Å². The normalized spacial score (nSPS) is 10.8. The highest BCUT2D eigenvalue weighted by Gasteiger charge is 2.13. The Morgan fingerprint density at radius 2 is 2.19 bits per heavy atom. The van der Waals surface area contributed by atoms with Gasteiger partial charge in [0.15, 0.2) is 5.82 Å². The number of aryl methyl sites for hydroxylation is 1. The SMILES string of the molecule is O=C(CCc1nc(-c2cccs2)no1)Nc1n[nH]c(-c2ccccn2)n1. The number of pyridine rings is 1. The van der Waals surface area contributed by atoms with Gasteiger partial charge in [0.25, 0.3) is 0 Å². The second-order valence-electron chi connectivity index (χ2n) is 5.26. The maximum absolute atomic E-state index is 12.1. The van der Waals surface area contributed by atoms with Crippen LogP contribution >= 0.6 is 11.3 Å². The number of aromatic nitrogens is 6. The summed E-state index contributed by atoms with van der Waals surface area (Å²) in [7, 11) is 0. The van der Waals surface area contributed by atoms with Crippen molar-refractivity contribution in [2.45, 2.75) is 12.8 Å². The lowest BCUT2D eigenvalue weighted by Gasteiger charge is -1.98. The fourth-order valence-electron chi connectivity index (χ4n) is 2.21. The maximum atomic E-state index is 12.1. The van der Waals surface area contributed by atoms with Gasteiger partial charge in [0.05, 0.1) is 4.88 Å². The van der Waals surface area contributed by atoms with Gasteiger partial charge in [0, 0.05) is 19.0 Å². The molecule has 9 nitrogen and oxygen atoms in total. The summed E-state index contributed by atoms with van der Waals surface area (Å²) in [5.41, 5.74) is 0.646. The number of carbonyl (C=O) groups is 1. The van der Waals surface area contributed by atoms with E-state index >= 15 is 0 Å². The second kappa shape index (κ2) is 7.23. The molecule has 4 aromatic heterocycles. The third-order valence-corrected chi connectivity index (χ3v) is 4.29. The number of nitrogens with one attached hydrogen (secondary N) is 2. The second-order valence-corrected chi connectivity index (χ2v) is 6.21. The van der Waals surface area contributed by atoms with Crippen LogP contribution in [0.3, 0.4) is 0 Å². The summed E-state index contributed by atoms with van der Waals surface area (Å²) in [6.07, 6.45) is 2.17. The molecule has 0 aromatic carbocycles. The Labute approximate surface area is 151 Å². The standard InChI is InChI=1S/C16H13N7O2S/c24-12(6-7-13-19-15(23-25-13)11-5-3-9-26-11)18-16-20-14(21-22-16)10-4-1-2-8-17-10/h1-5,8-9H,6-7H2,(H2,18,20,21,22,24). The van der Waals surface area contributed by atoms with Crippen molar-refractivity contribution >= 4 is 23.2 Å². The summed E-state index contributed by atoms with van der Waals surface area (Å²) in [5.74, 6) is 1.38. The van der Waals surface area contributed by atoms with Crippen LogP contribution in [0.2, 0.25) is 0 Å². The van der Waals surface area contributed by atoms with E-state index in [1.54, 1.807) is 12.3 Å². The van der Waals surface area contributed by atoms with Crippen LogP contribution in [0, 0.1) is 0 Å². The van der Waals surface area contributed by atoms with Crippen LogP contribution in [0.25, 0.3) is 22.2 Å². The zero-order chi connectivity index (χ0) is 17.8. The number of amides is 1. The van der Waals surface area contributed by atoms with Crippen LogP contribution in [-0.2, 0) is 11.2 Å². The quantitative estimate of drug-likeness (QED) is 0.537. The van der Waals surface area contributed by atoms with Gasteiger partial charge >= 0.3 is 0 Å². The molecule has 0 bridgehead atoms. The van der Waals surface area contributed by atoms with Gasteiger partial charge in [-0.3, -0.25) is 20.2 Å². The molecular weight excluding hydrogens is 354 g/mol. The van der Waals surface area contributed by atoms with E-state index in [0.717, 1.165) is 4.88 Å². The summed E-state index contributed by atoms with van der Waals surface area (Å²) in [4.78, 5) is 25.6. The number of nitrogens with zero attached hydrogens (tertiary/aromatic N) is 5. The first kappa shape index (κ1) is 16.1. The number of hydrogen-bond donors (Lipinski definition) is 2. The van der Waals surface area contributed by atoms with Gasteiger partial charge in [-0.2, -0.15) is 9.97 Å². The van der Waals surface area contributed by atoms with Gasteiger partial charge in [0.1, 0.15) is 5.69 Å². The fraction of sp³-hybridized carbons (Fsp3) is 0.125. The smallest absolute Gasteiger partial charge is 0.249 e. The highest BCUT2D eigenvalue weighted by molar-refractivity contribution is 7.13. The Morgan fingerprint density at radius 3 is 3.00 bits per heavy atom. The van der Waals surface area contributed by atoms with Crippen LogP contribution in [0.15, 0.2) is 46.4 Å². The van der Waals surface area contributed by atoms with E-state index in [0.29, 0.717) is 29.7 Å². The van der Waals surface area contributed by atoms with Crippen molar-refractivity contribution in [3.05, 3.63) is 47.8 Å². The molecule has 4 rings (SSSR count). The van der Waals surface area contributed by atoms with E-state index in [2.05, 4.69) is 35.6 Å². The molecule has 0 atom stereocenters. The van der Waals surface area contributed by atoms with Crippen molar-refractivity contribution in [3.63, 3.8) is 0 Å². The molecular formula is C16H13N7O2S. The summed E-state index contributed by atoms with van der Waals surface area (Å²) >= 11 is 1.53. The van der Waals surface area contributed by atoms with Gasteiger partial charge in [0.2, 0.25) is 23.6 Å². The van der Waals surface area contributed by atoms with Crippen molar-refractivity contribution in [2.75, 3.05) is 5.32 Å². The van der Waals surface area contributed by atoms with Crippen molar-refractivity contribution < 1.29 is 9.32 Å². The molecule has 4 aromatic rings. The first-order valence-electron chi connectivity index (χ1n) is 7.78. The minimum atomic E-state index is -0.243. The van der Waals surface area contributed by atoms with Crippen LogP contribution in [0.5, 0.6) is 0 Å². The predicted molar refractivity (Wildman–Crippen MR) is 94.2 cm³/mol. The number of anilines is 1. The zero-order valence-electron chi connectivity index (χ0n) is 13.4. The predicted octanol–water partition coefficient (Wildman–Crippen LogP) is 2.55. The molecule has 0 fully saturated rings. The average Bonchev–Trinajstić information content (AvgIpc) is 3.41. The largest absolute Gasteiger partial charge is 0.339 e. The molecule has 4 heterocycles. The lowest BCUT2D eigenvalue weighted by molar-refractivity contribution is -0.116. The monoisotopic (exact) mass is 367 g/mol. The number of carbonyl (C=O) groups excluding carboxylic acids is 1. The van der Waals surface area contributed by atoms with E-state index in [1.165, 1.54) is 11.3 Å². The summed E-state index contributed by atoms with van der Waals surface area (Å²) < 4.78 is 5.17. The topological polar surface area (TPSA) is 122 Å². The Balaban J connectivity index is 1.33. The third kappa shape index (κ3) is 3.64. The van der Waals surface area contributed by atoms with E-state index in [1.807, 2.05) is 29.6 Å². The minimum Gasteiger partial charge on any atom is -0.339 e. The fourth-order valence-corrected chi connectivity index (χ4v) is 2.85. The highest BCUT2D eigenvalue weighted by Crippen LogP contribution is 2.21. The molecule has 1 amide bonds. The molecule has 0 saturated carbocycles. The lowest BCUT2D eigenvalue weighted by Crippen LogP contribution is -2.13. The first-order chi connectivity index (χ1) is 12.8. The lowest BCUT2D eigenvalue weighted by atomic mass is 10.3. The number of rotatable bonds is 6. The molecule has 0 aliphatic rings. The van der Waals surface area contributed by atoms with Crippen molar-refractivity contribution in [2.24, 2.45) is 0 Å². The summed E-state index contributed by atoms with van der Waals surface area (Å²) in [5, 5.41) is 15.2. The van der Waals surface area contributed by atoms with Gasteiger partial charge in [-0.25, -0.2) is 0 Å². The molecule has 0 spiro atoms. The Hall–Kier alpha value is -3.40. The van der Waals surface area contributed by atoms with Crippen LogP contribution < -0.4 is 5.32 Å². The van der Waals surface area contributed by atoms with Crippen LogP contribution in [-0.4, -0.2) is 36.2 Å². The molecule has 2 N–H and O–H groups in total. The average molecular weight is 367 g/mol. The number of H-pyrrole nitrogens is 1. The van der Waals surface area contributed by atoms with Gasteiger partial charge in [-0.15, -0.1) is 16.4 Å². The number of hydrogen-bond acceptors (Lipinski definition) is 8. The Bertz CT molecular complexity index is 995. The summed E-state index contributed by atoms with van der Waals surface area (Å²) in [6.45, 7) is 0. The van der Waals surface area contributed by atoms with Crippen molar-refractivity contribution in [1.29, 1.82) is 0 Å². The van der Waals surface area contributed by atoms with Gasteiger partial charge in [-0.1, -0.05) is 17.3 Å². The maximum Gasteiger partial charge on any atom is 0.249 e. The molecule has 0 unspecified atom stereocenters. The molecule has 26 heavy (non-hydrogen) atoms. The van der Waals surface area contributed by atoms with E-state index in [9.17, 15) is 4.79 Å².